The zero-order chi connectivity index (χ0) is 36.9. The average molecular weight is 740 g/mol. The predicted molar refractivity (Wildman–Crippen MR) is 182 cm³/mol. The molecule has 2 aromatic rings. The van der Waals surface area contributed by atoms with Gasteiger partial charge in [0.05, 0.1) is 31.4 Å². The highest BCUT2D eigenvalue weighted by Crippen LogP contribution is 2.31. The molecule has 18 nitrogen and oxygen atoms in total. The first-order valence-electron chi connectivity index (χ1n) is 15.2. The molecular weight excluding hydrogens is 691 g/mol. The number of imidazole rings is 1. The minimum atomic E-state index is -1.29. The van der Waals surface area contributed by atoms with Crippen LogP contribution in [0.4, 0.5) is 10.6 Å². The number of anilines is 1. The molecule has 278 valence electrons. The first-order valence-corrected chi connectivity index (χ1v) is 16.3. The first kappa shape index (κ1) is 43.7. The molecule has 49 heavy (non-hydrogen) atoms. The number of amides is 3. The second kappa shape index (κ2) is 23.9. The number of carbonyl (C=O) groups excluding carboxylic acids is 2. The Morgan fingerprint density at radius 3 is 2.35 bits per heavy atom. The van der Waals surface area contributed by atoms with Gasteiger partial charge in [-0.15, -0.1) is 28.1 Å². The average Bonchev–Trinajstić information content (AvgIpc) is 3.61. The molecule has 0 bridgehead atoms. The highest BCUT2D eigenvalue weighted by molar-refractivity contribution is 6.18. The fraction of sp³-hybridized carbons (Fsp3) is 0.621. The van der Waals surface area contributed by atoms with Gasteiger partial charge in [0.2, 0.25) is 0 Å². The third-order valence-corrected chi connectivity index (χ3v) is 6.94. The lowest BCUT2D eigenvalue weighted by atomic mass is 10.1. The minimum Gasteiger partial charge on any atom is -0.491 e. The van der Waals surface area contributed by atoms with E-state index >= 15 is 0 Å². The van der Waals surface area contributed by atoms with E-state index in [0.29, 0.717) is 36.6 Å². The molecule has 1 fully saturated rings. The van der Waals surface area contributed by atoms with E-state index in [2.05, 4.69) is 20.9 Å². The number of rotatable bonds is 17. The summed E-state index contributed by atoms with van der Waals surface area (Å²) in [6, 6.07) is 7.68. The Bertz CT molecular complexity index is 1240. The maximum atomic E-state index is 11.0. The number of hydrogen-bond donors (Lipinski definition) is 8. The summed E-state index contributed by atoms with van der Waals surface area (Å²) in [6.07, 6.45) is -2.91. The van der Waals surface area contributed by atoms with Crippen molar-refractivity contribution in [1.82, 2.24) is 25.2 Å². The summed E-state index contributed by atoms with van der Waals surface area (Å²) in [5, 5.41) is 46.8. The van der Waals surface area contributed by atoms with Crippen molar-refractivity contribution in [2.24, 2.45) is 11.0 Å². The molecule has 10 N–H and O–H groups in total. The second-order valence-electron chi connectivity index (χ2n) is 10.7. The Morgan fingerprint density at radius 2 is 1.86 bits per heavy atom. The smallest absolute Gasteiger partial charge is 0.340 e. The van der Waals surface area contributed by atoms with Gasteiger partial charge in [-0.05, 0) is 24.1 Å². The van der Waals surface area contributed by atoms with Crippen LogP contribution in [0.25, 0.3) is 0 Å². The molecule has 0 aliphatic carbocycles. The fourth-order valence-electron chi connectivity index (χ4n) is 3.97. The van der Waals surface area contributed by atoms with E-state index < -0.39 is 49.2 Å². The van der Waals surface area contributed by atoms with E-state index in [9.17, 15) is 29.8 Å². The number of alkyl halides is 2. The van der Waals surface area contributed by atoms with Crippen LogP contribution < -0.4 is 26.8 Å². The Balaban J connectivity index is 0.000000378. The highest BCUT2D eigenvalue weighted by Gasteiger charge is 2.44. The van der Waals surface area contributed by atoms with Crippen molar-refractivity contribution < 1.29 is 44.2 Å². The largest absolute Gasteiger partial charge is 0.491 e. The fourth-order valence-corrected chi connectivity index (χ4v) is 4.23. The molecule has 0 saturated carbocycles. The van der Waals surface area contributed by atoms with Crippen LogP contribution in [0.3, 0.4) is 0 Å². The van der Waals surface area contributed by atoms with Gasteiger partial charge in [-0.3, -0.25) is 9.36 Å². The number of benzene rings is 1. The van der Waals surface area contributed by atoms with Gasteiger partial charge in [-0.2, -0.15) is 5.01 Å². The van der Waals surface area contributed by atoms with E-state index in [-0.39, 0.29) is 23.9 Å². The van der Waals surface area contributed by atoms with Crippen molar-refractivity contribution in [2.45, 2.75) is 57.0 Å². The molecule has 20 heteroatoms. The number of nitrogen functional groups attached to an aromatic ring is 1. The summed E-state index contributed by atoms with van der Waals surface area (Å²) < 4.78 is 17.0. The first-order chi connectivity index (χ1) is 23.3. The van der Waals surface area contributed by atoms with Crippen molar-refractivity contribution in [3.05, 3.63) is 46.8 Å². The number of hydrogen-bond acceptors (Lipinski definition) is 14. The lowest BCUT2D eigenvalue weighted by molar-refractivity contribution is -0.0518. The van der Waals surface area contributed by atoms with Crippen LogP contribution in [0.15, 0.2) is 35.9 Å². The maximum absolute atomic E-state index is 11.0. The van der Waals surface area contributed by atoms with Crippen LogP contribution in [-0.2, 0) is 15.9 Å². The van der Waals surface area contributed by atoms with Crippen LogP contribution in [0.5, 0.6) is 5.75 Å². The van der Waals surface area contributed by atoms with Gasteiger partial charge in [-0.25, -0.2) is 9.78 Å². The molecule has 1 unspecified atom stereocenters. The number of nitrogens with zero attached hydrogens (tertiary/aromatic N) is 4. The lowest BCUT2D eigenvalue weighted by Crippen LogP contribution is -2.38. The molecule has 0 radical (unpaired) electrons. The zero-order valence-electron chi connectivity index (χ0n) is 27.7. The van der Waals surface area contributed by atoms with E-state index in [1.165, 1.54) is 16.5 Å². The number of nitrogens with two attached hydrogens (primary N) is 2. The van der Waals surface area contributed by atoms with Crippen molar-refractivity contribution in [3.63, 3.8) is 0 Å². The molecule has 0 spiro atoms. The number of aliphatic hydroxyl groups excluding tert-OH is 4. The lowest BCUT2D eigenvalue weighted by Gasteiger charge is -2.17. The van der Waals surface area contributed by atoms with Gasteiger partial charge in [0.25, 0.3) is 5.91 Å². The number of ether oxygens (including phenoxy) is 3. The summed E-state index contributed by atoms with van der Waals surface area (Å²) in [5.41, 5.74) is 11.8. The van der Waals surface area contributed by atoms with Crippen LogP contribution in [0.1, 0.15) is 36.1 Å². The molecule has 5 atom stereocenters. The zero-order valence-corrected chi connectivity index (χ0v) is 29.2. The van der Waals surface area contributed by atoms with Crippen LogP contribution in [0, 0.1) is 4.91 Å². The Hall–Kier alpha value is -3.33. The summed E-state index contributed by atoms with van der Waals surface area (Å²) in [6.45, 7) is 5.61. The molecule has 1 aromatic carbocycles. The Morgan fingerprint density at radius 1 is 1.18 bits per heavy atom. The molecule has 1 aliphatic rings. The van der Waals surface area contributed by atoms with Crippen molar-refractivity contribution in [2.75, 3.05) is 64.1 Å². The number of aromatic nitrogens is 2. The maximum Gasteiger partial charge on any atom is 0.340 e. The normalized spacial score (nSPS) is 18.8. The number of methoxy groups -OCH3 is 1. The summed E-state index contributed by atoms with van der Waals surface area (Å²) in [5.74, 6) is 0.361. The molecule has 3 rings (SSSR count). The highest BCUT2D eigenvalue weighted by atomic mass is 35.5. The van der Waals surface area contributed by atoms with Gasteiger partial charge in [-0.1, -0.05) is 26.0 Å². The van der Waals surface area contributed by atoms with Crippen molar-refractivity contribution in [1.29, 1.82) is 0 Å². The van der Waals surface area contributed by atoms with Gasteiger partial charge in [0, 0.05) is 38.0 Å². The van der Waals surface area contributed by atoms with Gasteiger partial charge >= 0.3 is 6.03 Å². The Kier molecular flexibility index (Phi) is 21.3. The molecule has 1 aliphatic heterocycles. The quantitative estimate of drug-likeness (QED) is 0.0601. The van der Waals surface area contributed by atoms with E-state index in [4.69, 9.17) is 54.0 Å². The summed E-state index contributed by atoms with van der Waals surface area (Å²) >= 11 is 10.6. The van der Waals surface area contributed by atoms with Crippen LogP contribution >= 0.6 is 23.2 Å². The number of urea groups is 1. The summed E-state index contributed by atoms with van der Waals surface area (Å²) in [4.78, 5) is 35.6. The number of carbonyl (C=O) groups is 2. The van der Waals surface area contributed by atoms with Gasteiger partial charge < -0.3 is 56.7 Å². The van der Waals surface area contributed by atoms with E-state index in [0.717, 1.165) is 18.8 Å². The SMILES string of the molecule is COCCc1ccc(OCC(O)CNC(C)C)cc1.NC(=O)c1ncn([C@@H]2O[C@H](CO)[C@@H](O)[C@H]2O)c1N.O=NN(CCCl)C(=O)NCCCl. The van der Waals surface area contributed by atoms with Crippen molar-refractivity contribution >= 4 is 41.0 Å². The number of halogens is 2. The second-order valence-corrected chi connectivity index (χ2v) is 11.5. The van der Waals surface area contributed by atoms with Gasteiger partial charge in [0.15, 0.2) is 11.9 Å². The third-order valence-electron chi connectivity index (χ3n) is 6.58. The van der Waals surface area contributed by atoms with E-state index in [1.807, 2.05) is 38.1 Å². The Labute approximate surface area is 294 Å². The molecular formula is C29H48Cl2N8O10. The number of aliphatic hydroxyl groups is 4. The van der Waals surface area contributed by atoms with Crippen molar-refractivity contribution in [3.8, 4) is 5.75 Å². The van der Waals surface area contributed by atoms with E-state index in [1.54, 1.807) is 7.11 Å². The summed E-state index contributed by atoms with van der Waals surface area (Å²) in [7, 11) is 1.70. The monoisotopic (exact) mass is 738 g/mol. The molecule has 1 aromatic heterocycles. The predicted octanol–water partition coefficient (Wildman–Crippen LogP) is -0.0541. The minimum absolute atomic E-state index is 0.0719. The van der Waals surface area contributed by atoms with Crippen LogP contribution in [0.2, 0.25) is 0 Å². The van der Waals surface area contributed by atoms with Crippen LogP contribution in [-0.4, -0.2) is 136 Å². The number of nitrogens with one attached hydrogen (secondary N) is 2. The molecule has 3 amide bonds. The standard InChI is InChI=1S/C15H25NO3.C9H14N4O5.C5H9Cl2N3O2/c1-12(2)16-10-14(17)11-19-15-6-4-13(5-7-15)8-9-18-3;10-7-4(8(11)17)12-2-13(7)9-6(16)5(15)3(1-14)18-9;6-1-3-8-5(11)10(9-12)4-2-7/h4-7,12,14,16-17H,8-11H2,1-3H3;2-3,5-6,9,14-16H,1,10H2,(H2,11,17);1-4H2,(H,8,11)/t;3-,5-,6-,9-;/m.1./s1. The topological polar surface area (TPSA) is 269 Å². The third kappa shape index (κ3) is 15.4. The number of primary amides is 1. The van der Waals surface area contributed by atoms with Gasteiger partial charge in [0.1, 0.15) is 42.6 Å². The number of nitroso groups, excluding NO2 is 1. The molecule has 2 heterocycles. The molecule has 1 saturated heterocycles.